The summed E-state index contributed by atoms with van der Waals surface area (Å²) in [7, 11) is 1.42. The van der Waals surface area contributed by atoms with Crippen LogP contribution in [-0.2, 0) is 4.74 Å². The van der Waals surface area contributed by atoms with Crippen LogP contribution in [0.25, 0.3) is 0 Å². The molecular weight excluding hydrogens is 190 g/mol. The van der Waals surface area contributed by atoms with Gasteiger partial charge in [0.1, 0.15) is 5.69 Å². The van der Waals surface area contributed by atoms with Crippen molar-refractivity contribution in [1.29, 1.82) is 0 Å². The van der Waals surface area contributed by atoms with E-state index in [1.165, 1.54) is 24.7 Å². The zero-order valence-corrected chi connectivity index (χ0v) is 8.62. The first-order valence-corrected chi connectivity index (χ1v) is 5.29. The van der Waals surface area contributed by atoms with Gasteiger partial charge < -0.3 is 9.72 Å². The second kappa shape index (κ2) is 2.99. The quantitative estimate of drug-likeness (QED) is 0.562. The molecule has 2 bridgehead atoms. The van der Waals surface area contributed by atoms with Crippen LogP contribution < -0.4 is 0 Å². The van der Waals surface area contributed by atoms with Crippen LogP contribution in [0.15, 0.2) is 18.3 Å². The van der Waals surface area contributed by atoms with Gasteiger partial charge in [-0.3, -0.25) is 0 Å². The van der Waals surface area contributed by atoms with Gasteiger partial charge in [0.15, 0.2) is 0 Å². The van der Waals surface area contributed by atoms with E-state index in [9.17, 15) is 4.79 Å². The summed E-state index contributed by atoms with van der Waals surface area (Å²) in [5.41, 5.74) is 3.10. The number of hydrogen-bond donors (Lipinski definition) is 1. The highest BCUT2D eigenvalue weighted by Gasteiger charge is 2.33. The van der Waals surface area contributed by atoms with Crippen LogP contribution in [0.2, 0.25) is 0 Å². The Morgan fingerprint density at radius 1 is 1.40 bits per heavy atom. The van der Waals surface area contributed by atoms with Crippen LogP contribution in [0.4, 0.5) is 0 Å². The molecule has 0 fully saturated rings. The Hall–Kier alpha value is -1.51. The van der Waals surface area contributed by atoms with Gasteiger partial charge in [-0.2, -0.15) is 0 Å². The number of carbonyl (C=O) groups is 1. The molecule has 1 aromatic rings. The standard InChI is InChI=1S/C12H13NO2/c1-15-12(14)11-10-8-4-2-7(3-5-8)9(10)6-13-11/h2,4,6-8,13H,3,5H2,1H3. The summed E-state index contributed by atoms with van der Waals surface area (Å²) < 4.78 is 4.77. The Balaban J connectivity index is 2.13. The molecule has 3 aliphatic carbocycles. The second-order valence-electron chi connectivity index (χ2n) is 4.20. The van der Waals surface area contributed by atoms with Gasteiger partial charge in [-0.1, -0.05) is 12.2 Å². The van der Waals surface area contributed by atoms with Crippen molar-refractivity contribution in [3.05, 3.63) is 35.2 Å². The monoisotopic (exact) mass is 203 g/mol. The van der Waals surface area contributed by atoms with Crippen LogP contribution in [0.3, 0.4) is 0 Å². The Kier molecular flexibility index (Phi) is 1.75. The van der Waals surface area contributed by atoms with Gasteiger partial charge in [0.05, 0.1) is 7.11 Å². The number of carbonyl (C=O) groups excluding carboxylic acids is 1. The summed E-state index contributed by atoms with van der Waals surface area (Å²) in [6, 6.07) is 0. The fourth-order valence-electron chi connectivity index (χ4n) is 2.75. The predicted molar refractivity (Wildman–Crippen MR) is 56.0 cm³/mol. The molecule has 0 radical (unpaired) electrons. The highest BCUT2D eigenvalue weighted by Crippen LogP contribution is 2.46. The molecule has 0 saturated carbocycles. The molecule has 0 spiro atoms. The van der Waals surface area contributed by atoms with E-state index in [0.29, 0.717) is 17.5 Å². The molecule has 0 aliphatic heterocycles. The van der Waals surface area contributed by atoms with Crippen molar-refractivity contribution < 1.29 is 9.53 Å². The smallest absolute Gasteiger partial charge is 0.354 e. The van der Waals surface area contributed by atoms with Gasteiger partial charge in [-0.15, -0.1) is 0 Å². The SMILES string of the molecule is COC(=O)c1[nH]cc2c1C1C=CC2CC1. The summed E-state index contributed by atoms with van der Waals surface area (Å²) in [6.45, 7) is 0. The van der Waals surface area contributed by atoms with Crippen LogP contribution >= 0.6 is 0 Å². The maximum Gasteiger partial charge on any atom is 0.354 e. The molecule has 78 valence electrons. The Bertz CT molecular complexity index is 444. The first-order chi connectivity index (χ1) is 7.31. The van der Waals surface area contributed by atoms with Gasteiger partial charge in [-0.25, -0.2) is 4.79 Å². The van der Waals surface area contributed by atoms with E-state index in [0.717, 1.165) is 6.42 Å². The molecule has 2 atom stereocenters. The molecule has 2 unspecified atom stereocenters. The Labute approximate surface area is 88.1 Å². The van der Waals surface area contributed by atoms with E-state index in [1.807, 2.05) is 6.20 Å². The lowest BCUT2D eigenvalue weighted by Gasteiger charge is -2.31. The molecule has 0 amide bonds. The topological polar surface area (TPSA) is 42.1 Å². The number of aromatic nitrogens is 1. The molecule has 4 rings (SSSR count). The van der Waals surface area contributed by atoms with Crippen molar-refractivity contribution in [3.63, 3.8) is 0 Å². The summed E-state index contributed by atoms with van der Waals surface area (Å²) >= 11 is 0. The minimum absolute atomic E-state index is 0.253. The van der Waals surface area contributed by atoms with Crippen molar-refractivity contribution in [2.75, 3.05) is 7.11 Å². The van der Waals surface area contributed by atoms with Gasteiger partial charge in [0.25, 0.3) is 0 Å². The minimum atomic E-state index is -0.253. The van der Waals surface area contributed by atoms with E-state index in [-0.39, 0.29) is 5.97 Å². The van der Waals surface area contributed by atoms with Crippen molar-refractivity contribution in [1.82, 2.24) is 4.98 Å². The third-order valence-corrected chi connectivity index (χ3v) is 3.48. The molecule has 3 heteroatoms. The number of H-pyrrole nitrogens is 1. The maximum absolute atomic E-state index is 11.5. The minimum Gasteiger partial charge on any atom is -0.464 e. The number of fused-ring (bicyclic) bond motifs is 1. The maximum atomic E-state index is 11.5. The number of allylic oxidation sites excluding steroid dienone is 2. The zero-order chi connectivity index (χ0) is 10.4. The lowest BCUT2D eigenvalue weighted by molar-refractivity contribution is 0.0593. The van der Waals surface area contributed by atoms with E-state index in [4.69, 9.17) is 4.74 Å². The number of ether oxygens (including phenoxy) is 1. The third-order valence-electron chi connectivity index (χ3n) is 3.48. The van der Waals surface area contributed by atoms with E-state index < -0.39 is 0 Å². The van der Waals surface area contributed by atoms with Gasteiger partial charge in [0.2, 0.25) is 0 Å². The molecule has 3 aliphatic rings. The van der Waals surface area contributed by atoms with Crippen LogP contribution in [0, 0.1) is 0 Å². The fraction of sp³-hybridized carbons (Fsp3) is 0.417. The van der Waals surface area contributed by atoms with Gasteiger partial charge in [0, 0.05) is 18.0 Å². The van der Waals surface area contributed by atoms with Crippen molar-refractivity contribution in [3.8, 4) is 0 Å². The molecule has 15 heavy (non-hydrogen) atoms. The highest BCUT2D eigenvalue weighted by molar-refractivity contribution is 5.90. The number of hydrogen-bond acceptors (Lipinski definition) is 2. The predicted octanol–water partition coefficient (Wildman–Crippen LogP) is 2.33. The lowest BCUT2D eigenvalue weighted by Crippen LogP contribution is -2.18. The Morgan fingerprint density at radius 2 is 2.13 bits per heavy atom. The zero-order valence-electron chi connectivity index (χ0n) is 8.62. The van der Waals surface area contributed by atoms with Gasteiger partial charge in [-0.05, 0) is 24.0 Å². The Morgan fingerprint density at radius 3 is 2.80 bits per heavy atom. The number of aromatic amines is 1. The highest BCUT2D eigenvalue weighted by atomic mass is 16.5. The van der Waals surface area contributed by atoms with Crippen LogP contribution in [-0.4, -0.2) is 18.1 Å². The summed E-state index contributed by atoms with van der Waals surface area (Å²) in [5, 5.41) is 0. The van der Waals surface area contributed by atoms with Crippen LogP contribution in [0.5, 0.6) is 0 Å². The number of rotatable bonds is 1. The second-order valence-corrected chi connectivity index (χ2v) is 4.20. The molecule has 3 nitrogen and oxygen atoms in total. The molecule has 0 saturated heterocycles. The van der Waals surface area contributed by atoms with Crippen molar-refractivity contribution >= 4 is 5.97 Å². The fourth-order valence-corrected chi connectivity index (χ4v) is 2.75. The summed E-state index contributed by atoms with van der Waals surface area (Å²) in [4.78, 5) is 14.6. The lowest BCUT2D eigenvalue weighted by atomic mass is 9.72. The van der Waals surface area contributed by atoms with Gasteiger partial charge >= 0.3 is 5.97 Å². The van der Waals surface area contributed by atoms with Crippen LogP contribution in [0.1, 0.15) is 46.3 Å². The first kappa shape index (κ1) is 8.77. The number of esters is 1. The average molecular weight is 203 g/mol. The average Bonchev–Trinajstić information content (AvgIpc) is 2.76. The first-order valence-electron chi connectivity index (χ1n) is 5.29. The largest absolute Gasteiger partial charge is 0.464 e. The normalized spacial score (nSPS) is 26.5. The summed E-state index contributed by atoms with van der Waals surface area (Å²) in [5.74, 6) is 0.655. The molecule has 1 aromatic heterocycles. The number of nitrogens with one attached hydrogen (secondary N) is 1. The van der Waals surface area contributed by atoms with Crippen molar-refractivity contribution in [2.24, 2.45) is 0 Å². The molecule has 1 heterocycles. The van der Waals surface area contributed by atoms with E-state index in [2.05, 4.69) is 17.1 Å². The number of methoxy groups -OCH3 is 1. The molecule has 0 aromatic carbocycles. The van der Waals surface area contributed by atoms with E-state index >= 15 is 0 Å². The summed E-state index contributed by atoms with van der Waals surface area (Å²) in [6.07, 6.45) is 8.78. The molecular formula is C12H13NO2. The molecule has 1 N–H and O–H groups in total. The third kappa shape index (κ3) is 1.09. The van der Waals surface area contributed by atoms with E-state index in [1.54, 1.807) is 0 Å². The van der Waals surface area contributed by atoms with Crippen molar-refractivity contribution in [2.45, 2.75) is 24.7 Å².